The molecule has 1 amide bonds. The van der Waals surface area contributed by atoms with E-state index in [1.807, 2.05) is 0 Å². The molecule has 0 rings (SSSR count). The van der Waals surface area contributed by atoms with Crippen molar-refractivity contribution in [1.82, 2.24) is 5.32 Å². The van der Waals surface area contributed by atoms with Crippen molar-refractivity contribution in [2.45, 2.75) is 13.3 Å². The quantitative estimate of drug-likeness (QED) is 0.395. The highest BCUT2D eigenvalue weighted by Crippen LogP contribution is 2.18. The fourth-order valence-corrected chi connectivity index (χ4v) is 1.38. The Morgan fingerprint density at radius 2 is 2.12 bits per heavy atom. The predicted molar refractivity (Wildman–Crippen MR) is 59.5 cm³/mol. The van der Waals surface area contributed by atoms with Gasteiger partial charge in [0.05, 0.1) is 13.5 Å². The lowest BCUT2D eigenvalue weighted by atomic mass is 10.3. The van der Waals surface area contributed by atoms with Crippen LogP contribution in [0.4, 0.5) is 0 Å². The molecule has 1 atom stereocenters. The summed E-state index contributed by atoms with van der Waals surface area (Å²) in [5.74, 6) is -1.03. The molecular formula is C9H16NO5P. The van der Waals surface area contributed by atoms with Gasteiger partial charge in [-0.25, -0.2) is 4.79 Å². The van der Waals surface area contributed by atoms with E-state index in [-0.39, 0.29) is 24.2 Å². The molecule has 0 aliphatic carbocycles. The van der Waals surface area contributed by atoms with Gasteiger partial charge >= 0.3 is 5.97 Å². The van der Waals surface area contributed by atoms with Crippen LogP contribution in [0.25, 0.3) is 0 Å². The fourth-order valence-electron chi connectivity index (χ4n) is 0.814. The van der Waals surface area contributed by atoms with E-state index in [4.69, 9.17) is 5.11 Å². The van der Waals surface area contributed by atoms with E-state index in [1.54, 1.807) is 6.92 Å². The van der Waals surface area contributed by atoms with Gasteiger partial charge in [0.15, 0.2) is 0 Å². The maximum absolute atomic E-state index is 11.2. The summed E-state index contributed by atoms with van der Waals surface area (Å²) in [6.07, 6.45) is 1.16. The third-order valence-electron chi connectivity index (χ3n) is 1.71. The zero-order valence-electron chi connectivity index (χ0n) is 9.28. The van der Waals surface area contributed by atoms with E-state index in [9.17, 15) is 14.2 Å². The molecular weight excluding hydrogens is 233 g/mol. The van der Waals surface area contributed by atoms with E-state index < -0.39 is 20.1 Å². The number of methoxy groups -OCH3 is 1. The highest BCUT2D eigenvalue weighted by Gasteiger charge is 2.12. The van der Waals surface area contributed by atoms with Crippen LogP contribution in [-0.2, 0) is 18.9 Å². The van der Waals surface area contributed by atoms with E-state index in [0.29, 0.717) is 0 Å². The van der Waals surface area contributed by atoms with E-state index >= 15 is 0 Å². The molecule has 0 fully saturated rings. The second-order valence-electron chi connectivity index (χ2n) is 2.91. The molecule has 0 aromatic heterocycles. The number of rotatable bonds is 6. The van der Waals surface area contributed by atoms with Crippen LogP contribution in [0.2, 0.25) is 0 Å². The lowest BCUT2D eigenvalue weighted by Gasteiger charge is -2.06. The highest BCUT2D eigenvalue weighted by atomic mass is 31.1. The average molecular weight is 249 g/mol. The number of carbonyl (C=O) groups is 2. The summed E-state index contributed by atoms with van der Waals surface area (Å²) in [6, 6.07) is 0. The predicted octanol–water partition coefficient (Wildman–Crippen LogP) is 0.0790. The molecule has 1 unspecified atom stereocenters. The van der Waals surface area contributed by atoms with Crippen LogP contribution in [0, 0.1) is 0 Å². The molecule has 0 aromatic carbocycles. The first-order valence-electron chi connectivity index (χ1n) is 4.76. The van der Waals surface area contributed by atoms with Gasteiger partial charge in [-0.15, -0.1) is 0 Å². The fraction of sp³-hybridized carbons (Fsp3) is 0.556. The Morgan fingerprint density at radius 3 is 2.56 bits per heavy atom. The van der Waals surface area contributed by atoms with Gasteiger partial charge < -0.3 is 19.7 Å². The van der Waals surface area contributed by atoms with Crippen molar-refractivity contribution in [2.24, 2.45) is 0 Å². The Hall–Kier alpha value is -1.13. The molecule has 0 aliphatic heterocycles. The van der Waals surface area contributed by atoms with Gasteiger partial charge in [-0.05, 0) is 6.08 Å². The van der Waals surface area contributed by atoms with Gasteiger partial charge in [0.25, 0.3) is 0 Å². The number of hydrogen-bond acceptors (Lipinski definition) is 5. The maximum atomic E-state index is 11.2. The summed E-state index contributed by atoms with van der Waals surface area (Å²) in [6.45, 7) is 1.64. The number of carbonyl (C=O) groups excluding carboxylic acids is 2. The van der Waals surface area contributed by atoms with E-state index in [0.717, 1.165) is 0 Å². The maximum Gasteiger partial charge on any atom is 0.354 e. The number of ether oxygens (including phenoxy) is 1. The number of amides is 1. The minimum atomic E-state index is -2.14. The molecule has 0 aliphatic rings. The van der Waals surface area contributed by atoms with Gasteiger partial charge in [0.1, 0.15) is 13.5 Å². The van der Waals surface area contributed by atoms with Crippen molar-refractivity contribution >= 4 is 19.7 Å². The summed E-state index contributed by atoms with van der Waals surface area (Å²) in [5.41, 5.74) is -0.0406. The van der Waals surface area contributed by atoms with Crippen molar-refractivity contribution in [3.63, 3.8) is 0 Å². The van der Waals surface area contributed by atoms with Gasteiger partial charge in [-0.1, -0.05) is 6.92 Å². The molecule has 0 aromatic rings. The summed E-state index contributed by atoms with van der Waals surface area (Å²) in [4.78, 5) is 22.3. The topological polar surface area (TPSA) is 92.7 Å². The van der Waals surface area contributed by atoms with Crippen molar-refractivity contribution < 1.29 is 24.0 Å². The molecule has 0 radical (unpaired) electrons. The average Bonchev–Trinajstić information content (AvgIpc) is 2.32. The minimum absolute atomic E-state index is 0.0406. The molecule has 6 nitrogen and oxygen atoms in total. The van der Waals surface area contributed by atoms with Gasteiger partial charge in [-0.2, -0.15) is 0 Å². The lowest BCUT2D eigenvalue weighted by Crippen LogP contribution is -2.27. The van der Waals surface area contributed by atoms with Crippen LogP contribution in [0.3, 0.4) is 0 Å². The number of aliphatic hydroxyl groups excluding tert-OH is 1. The largest absolute Gasteiger partial charge is 0.464 e. The third-order valence-corrected chi connectivity index (χ3v) is 2.72. The minimum Gasteiger partial charge on any atom is -0.464 e. The van der Waals surface area contributed by atoms with Gasteiger partial charge in [0, 0.05) is 12.6 Å². The Kier molecular flexibility index (Phi) is 7.50. The van der Waals surface area contributed by atoms with Crippen LogP contribution >= 0.6 is 7.80 Å². The second-order valence-corrected chi connectivity index (χ2v) is 4.71. The number of esters is 1. The molecule has 16 heavy (non-hydrogen) atoms. The van der Waals surface area contributed by atoms with Gasteiger partial charge in [0.2, 0.25) is 5.91 Å². The molecule has 0 bridgehead atoms. The Labute approximate surface area is 94.5 Å². The van der Waals surface area contributed by atoms with Crippen molar-refractivity contribution in [2.75, 3.05) is 19.6 Å². The molecule has 2 N–H and O–H groups in total. The normalized spacial score (nSPS) is 13.1. The van der Waals surface area contributed by atoms with E-state index in [1.165, 1.54) is 13.2 Å². The smallest absolute Gasteiger partial charge is 0.354 e. The highest BCUT2D eigenvalue weighted by molar-refractivity contribution is 7.44. The molecule has 0 saturated heterocycles. The summed E-state index contributed by atoms with van der Waals surface area (Å²) in [7, 11) is -0.953. The Balaban J connectivity index is 4.59. The van der Waals surface area contributed by atoms with Crippen molar-refractivity contribution in [1.29, 1.82) is 0 Å². The first-order valence-corrected chi connectivity index (χ1v) is 6.58. The van der Waals surface area contributed by atoms with Crippen LogP contribution in [0.15, 0.2) is 11.8 Å². The molecule has 7 heteroatoms. The molecule has 0 saturated carbocycles. The number of nitrogens with one attached hydrogen (secondary N) is 1. The number of aliphatic hydroxyl groups is 1. The van der Waals surface area contributed by atoms with E-state index in [2.05, 4.69) is 10.1 Å². The number of allylic oxidation sites excluding steroid dienone is 1. The summed E-state index contributed by atoms with van der Waals surface area (Å²) < 4.78 is 15.5. The molecule has 0 heterocycles. The van der Waals surface area contributed by atoms with Crippen molar-refractivity contribution in [3.8, 4) is 0 Å². The second kappa shape index (κ2) is 8.07. The Bertz CT molecular complexity index is 313. The van der Waals surface area contributed by atoms with Crippen LogP contribution < -0.4 is 5.32 Å². The van der Waals surface area contributed by atoms with Crippen molar-refractivity contribution in [3.05, 3.63) is 11.8 Å². The number of hydrogen-bond donors (Lipinski definition) is 2. The Morgan fingerprint density at radius 1 is 1.50 bits per heavy atom. The summed E-state index contributed by atoms with van der Waals surface area (Å²) >= 11 is 0. The third kappa shape index (κ3) is 5.68. The zero-order chi connectivity index (χ0) is 12.6. The lowest BCUT2D eigenvalue weighted by molar-refractivity contribution is -0.137. The van der Waals surface area contributed by atoms with Crippen LogP contribution in [-0.4, -0.2) is 36.6 Å². The van der Waals surface area contributed by atoms with Crippen LogP contribution in [0.5, 0.6) is 0 Å². The standard InChI is InChI=1S/C9H16NO5P/c1-3-8(12)10-7(9(13)15-2)4-5-16(14)6-11/h4,11,16H,3,5-6H2,1-2H3,(H,10,12). The first-order chi connectivity index (χ1) is 7.54. The summed E-state index contributed by atoms with van der Waals surface area (Å²) in [5, 5.41) is 10.9. The molecule has 92 valence electrons. The monoisotopic (exact) mass is 249 g/mol. The first kappa shape index (κ1) is 14.9. The SMILES string of the molecule is CCC(=O)NC(=CC[PH](=O)CO)C(=O)OC. The molecule has 0 spiro atoms. The zero-order valence-corrected chi connectivity index (χ0v) is 10.3. The van der Waals surface area contributed by atoms with Crippen LogP contribution in [0.1, 0.15) is 13.3 Å². The van der Waals surface area contributed by atoms with Gasteiger partial charge in [-0.3, -0.25) is 4.79 Å².